The molecule has 0 atom stereocenters. The minimum absolute atomic E-state index is 0.187. The Bertz CT molecular complexity index is 994. The molecule has 25 heavy (non-hydrogen) atoms. The van der Waals surface area contributed by atoms with Crippen LogP contribution in [-0.2, 0) is 29.4 Å². The van der Waals surface area contributed by atoms with Crippen molar-refractivity contribution in [1.29, 1.82) is 0 Å². The van der Waals surface area contributed by atoms with Crippen molar-refractivity contribution < 1.29 is 8.42 Å². The molecule has 0 saturated carbocycles. The molecule has 2 heterocycles. The zero-order valence-corrected chi connectivity index (χ0v) is 14.8. The van der Waals surface area contributed by atoms with Crippen LogP contribution in [0.5, 0.6) is 0 Å². The van der Waals surface area contributed by atoms with Crippen LogP contribution >= 0.6 is 0 Å². The van der Waals surface area contributed by atoms with Gasteiger partial charge in [-0.1, -0.05) is 12.5 Å². The van der Waals surface area contributed by atoms with Gasteiger partial charge in [-0.15, -0.1) is 0 Å². The lowest BCUT2D eigenvalue weighted by Crippen LogP contribution is -2.23. The van der Waals surface area contributed by atoms with Crippen molar-refractivity contribution >= 4 is 20.9 Å². The minimum atomic E-state index is -3.57. The SMILES string of the molecule is O=S(=O)(NCc1ccccn1)c1ccc2[nH]c3c(c2c1)CCCCC3. The number of hydrogen-bond donors (Lipinski definition) is 2. The van der Waals surface area contributed by atoms with Crippen molar-refractivity contribution in [3.05, 3.63) is 59.5 Å². The van der Waals surface area contributed by atoms with Gasteiger partial charge in [0.25, 0.3) is 0 Å². The number of hydrogen-bond acceptors (Lipinski definition) is 3. The molecular weight excluding hydrogens is 334 g/mol. The highest BCUT2D eigenvalue weighted by Gasteiger charge is 2.19. The number of aromatic nitrogens is 2. The van der Waals surface area contributed by atoms with Gasteiger partial charge in [-0.25, -0.2) is 13.1 Å². The van der Waals surface area contributed by atoms with Gasteiger partial charge in [0.05, 0.1) is 17.1 Å². The first-order valence-electron chi connectivity index (χ1n) is 8.66. The van der Waals surface area contributed by atoms with E-state index in [0.29, 0.717) is 10.6 Å². The van der Waals surface area contributed by atoms with Crippen molar-refractivity contribution in [2.75, 3.05) is 0 Å². The molecule has 3 aromatic rings. The summed E-state index contributed by atoms with van der Waals surface area (Å²) < 4.78 is 28.0. The molecule has 0 spiro atoms. The van der Waals surface area contributed by atoms with Crippen molar-refractivity contribution in [1.82, 2.24) is 14.7 Å². The van der Waals surface area contributed by atoms with E-state index in [1.54, 1.807) is 24.4 Å². The van der Waals surface area contributed by atoms with E-state index < -0.39 is 10.0 Å². The largest absolute Gasteiger partial charge is 0.358 e. The monoisotopic (exact) mass is 355 g/mol. The Morgan fingerprint density at radius 1 is 1.08 bits per heavy atom. The maximum Gasteiger partial charge on any atom is 0.240 e. The summed E-state index contributed by atoms with van der Waals surface area (Å²) in [7, 11) is -3.57. The predicted octanol–water partition coefficient (Wildman–Crippen LogP) is 3.31. The second-order valence-corrected chi connectivity index (χ2v) is 8.26. The summed E-state index contributed by atoms with van der Waals surface area (Å²) in [6.45, 7) is 0.187. The van der Waals surface area contributed by atoms with Gasteiger partial charge in [-0.3, -0.25) is 4.98 Å². The smallest absolute Gasteiger partial charge is 0.240 e. The highest BCUT2D eigenvalue weighted by Crippen LogP contribution is 2.30. The third kappa shape index (κ3) is 3.32. The molecule has 0 unspecified atom stereocenters. The Morgan fingerprint density at radius 2 is 1.96 bits per heavy atom. The van der Waals surface area contributed by atoms with Crippen LogP contribution < -0.4 is 4.72 Å². The summed E-state index contributed by atoms with van der Waals surface area (Å²) in [5.74, 6) is 0. The number of sulfonamides is 1. The van der Waals surface area contributed by atoms with Crippen LogP contribution in [0.1, 0.15) is 36.2 Å². The molecule has 0 fully saturated rings. The number of pyridine rings is 1. The fourth-order valence-electron chi connectivity index (χ4n) is 3.48. The maximum absolute atomic E-state index is 12.7. The van der Waals surface area contributed by atoms with Crippen LogP contribution in [0.2, 0.25) is 0 Å². The normalized spacial score (nSPS) is 15.0. The lowest BCUT2D eigenvalue weighted by Gasteiger charge is -2.07. The van der Waals surface area contributed by atoms with Crippen LogP contribution in [0.15, 0.2) is 47.5 Å². The second kappa shape index (κ2) is 6.61. The van der Waals surface area contributed by atoms with E-state index in [2.05, 4.69) is 14.7 Å². The molecule has 0 bridgehead atoms. The summed E-state index contributed by atoms with van der Waals surface area (Å²) in [5.41, 5.74) is 4.27. The second-order valence-electron chi connectivity index (χ2n) is 6.50. The molecule has 1 aliphatic rings. The highest BCUT2D eigenvalue weighted by molar-refractivity contribution is 7.89. The van der Waals surface area contributed by atoms with Crippen LogP contribution in [0.3, 0.4) is 0 Å². The van der Waals surface area contributed by atoms with Crippen LogP contribution in [-0.4, -0.2) is 18.4 Å². The van der Waals surface area contributed by atoms with E-state index in [-0.39, 0.29) is 6.54 Å². The van der Waals surface area contributed by atoms with Crippen molar-refractivity contribution in [3.63, 3.8) is 0 Å². The lowest BCUT2D eigenvalue weighted by molar-refractivity contribution is 0.580. The average molecular weight is 355 g/mol. The maximum atomic E-state index is 12.7. The third-order valence-corrected chi connectivity index (χ3v) is 6.20. The highest BCUT2D eigenvalue weighted by atomic mass is 32.2. The Labute approximate surface area is 147 Å². The number of rotatable bonds is 4. The zero-order valence-electron chi connectivity index (χ0n) is 14.0. The van der Waals surface area contributed by atoms with Gasteiger partial charge < -0.3 is 4.98 Å². The van der Waals surface area contributed by atoms with E-state index >= 15 is 0 Å². The fraction of sp³-hybridized carbons (Fsp3) is 0.316. The molecule has 0 amide bonds. The zero-order chi connectivity index (χ0) is 17.3. The fourth-order valence-corrected chi connectivity index (χ4v) is 4.51. The molecule has 5 nitrogen and oxygen atoms in total. The van der Waals surface area contributed by atoms with Gasteiger partial charge in [0.1, 0.15) is 0 Å². The molecule has 0 radical (unpaired) electrons. The number of aryl methyl sites for hydroxylation is 2. The first kappa shape index (κ1) is 16.3. The quantitative estimate of drug-likeness (QED) is 0.705. The Balaban J connectivity index is 1.65. The summed E-state index contributed by atoms with van der Waals surface area (Å²) >= 11 is 0. The number of aromatic amines is 1. The number of fused-ring (bicyclic) bond motifs is 3. The average Bonchev–Trinajstić information content (AvgIpc) is 2.81. The third-order valence-electron chi connectivity index (χ3n) is 4.80. The lowest BCUT2D eigenvalue weighted by atomic mass is 10.1. The van der Waals surface area contributed by atoms with E-state index in [0.717, 1.165) is 30.2 Å². The standard InChI is InChI=1S/C19H21N3O2S/c23-25(24,21-13-14-6-4-5-11-20-14)15-9-10-19-17(12-15)16-7-2-1-3-8-18(16)22-19/h4-6,9-12,21-22H,1-3,7-8,13H2. The summed E-state index contributed by atoms with van der Waals surface area (Å²) in [4.78, 5) is 7.93. The molecular formula is C19H21N3O2S. The molecule has 1 aliphatic carbocycles. The molecule has 2 aromatic heterocycles. The molecule has 4 rings (SSSR count). The van der Waals surface area contributed by atoms with Gasteiger partial charge >= 0.3 is 0 Å². The molecule has 130 valence electrons. The first-order chi connectivity index (χ1) is 12.1. The predicted molar refractivity (Wildman–Crippen MR) is 97.8 cm³/mol. The van der Waals surface area contributed by atoms with Gasteiger partial charge in [0, 0.05) is 22.8 Å². The molecule has 1 aromatic carbocycles. The molecule has 0 saturated heterocycles. The first-order valence-corrected chi connectivity index (χ1v) is 10.1. The molecule has 6 heteroatoms. The summed E-state index contributed by atoms with van der Waals surface area (Å²) in [6, 6.07) is 10.8. The van der Waals surface area contributed by atoms with Gasteiger partial charge in [0.2, 0.25) is 10.0 Å². The van der Waals surface area contributed by atoms with Crippen molar-refractivity contribution in [2.45, 2.75) is 43.5 Å². The van der Waals surface area contributed by atoms with Crippen LogP contribution in [0.25, 0.3) is 10.9 Å². The van der Waals surface area contributed by atoms with Crippen molar-refractivity contribution in [2.24, 2.45) is 0 Å². The molecule has 2 N–H and O–H groups in total. The van der Waals surface area contributed by atoms with Crippen LogP contribution in [0.4, 0.5) is 0 Å². The van der Waals surface area contributed by atoms with Gasteiger partial charge in [-0.2, -0.15) is 0 Å². The minimum Gasteiger partial charge on any atom is -0.358 e. The number of nitrogens with one attached hydrogen (secondary N) is 2. The summed E-state index contributed by atoms with van der Waals surface area (Å²) in [6.07, 6.45) is 7.30. The number of H-pyrrole nitrogens is 1. The van der Waals surface area contributed by atoms with E-state index in [1.807, 2.05) is 18.2 Å². The number of nitrogens with zero attached hydrogens (tertiary/aromatic N) is 1. The van der Waals surface area contributed by atoms with E-state index in [1.165, 1.54) is 24.1 Å². The Hall–Kier alpha value is -2.18. The Morgan fingerprint density at radius 3 is 2.80 bits per heavy atom. The topological polar surface area (TPSA) is 74.8 Å². The number of benzene rings is 1. The van der Waals surface area contributed by atoms with Crippen molar-refractivity contribution in [3.8, 4) is 0 Å². The van der Waals surface area contributed by atoms with Crippen LogP contribution in [0, 0.1) is 0 Å². The Kier molecular flexibility index (Phi) is 4.31. The molecule has 0 aliphatic heterocycles. The van der Waals surface area contributed by atoms with Gasteiger partial charge in [-0.05, 0) is 61.6 Å². The van der Waals surface area contributed by atoms with E-state index in [4.69, 9.17) is 0 Å². The van der Waals surface area contributed by atoms with E-state index in [9.17, 15) is 8.42 Å². The summed E-state index contributed by atoms with van der Waals surface area (Å²) in [5, 5.41) is 1.04. The van der Waals surface area contributed by atoms with Gasteiger partial charge in [0.15, 0.2) is 0 Å².